The second-order valence-electron chi connectivity index (χ2n) is 6.71. The maximum Gasteiger partial charge on any atom is 0.274 e. The zero-order valence-corrected chi connectivity index (χ0v) is 15.0. The lowest BCUT2D eigenvalue weighted by Gasteiger charge is -2.22. The van der Waals surface area contributed by atoms with Gasteiger partial charge in [-0.25, -0.2) is 5.01 Å². The molecule has 1 amide bonds. The van der Waals surface area contributed by atoms with Crippen molar-refractivity contribution in [2.24, 2.45) is 5.10 Å². The molecule has 0 spiro atoms. The molecule has 0 saturated carbocycles. The van der Waals surface area contributed by atoms with Crippen LogP contribution in [-0.2, 0) is 0 Å². The van der Waals surface area contributed by atoms with E-state index in [-0.39, 0.29) is 17.7 Å². The topological polar surface area (TPSA) is 52.9 Å². The molecule has 0 radical (unpaired) electrons. The molecule has 4 nitrogen and oxygen atoms in total. The van der Waals surface area contributed by atoms with E-state index in [1.54, 1.807) is 17.1 Å². The number of carbonyl (C=O) groups is 1. The summed E-state index contributed by atoms with van der Waals surface area (Å²) in [5.41, 5.74) is 4.10. The maximum absolute atomic E-state index is 13.2. The molecule has 1 N–H and O–H groups in total. The highest BCUT2D eigenvalue weighted by Crippen LogP contribution is 2.35. The minimum atomic E-state index is -0.199. The highest BCUT2D eigenvalue weighted by molar-refractivity contribution is 6.06. The molecular formula is C23H20N2O2. The number of rotatable bonds is 3. The molecule has 1 aliphatic heterocycles. The molecule has 1 atom stereocenters. The van der Waals surface area contributed by atoms with E-state index in [0.29, 0.717) is 23.3 Å². The number of para-hydroxylation sites is 1. The van der Waals surface area contributed by atoms with Crippen LogP contribution in [0.4, 0.5) is 0 Å². The number of phenols is 1. The Balaban J connectivity index is 1.75. The first-order chi connectivity index (χ1) is 13.1. The largest absolute Gasteiger partial charge is 0.507 e. The SMILES string of the molecule is Cc1ccc(C(=O)N2N=C(c3ccccc3O)C[C@@H]2c2ccccc2)cc1. The van der Waals surface area contributed by atoms with Gasteiger partial charge < -0.3 is 5.11 Å². The molecule has 0 bridgehead atoms. The highest BCUT2D eigenvalue weighted by Gasteiger charge is 2.34. The van der Waals surface area contributed by atoms with E-state index in [9.17, 15) is 9.90 Å². The Labute approximate surface area is 158 Å². The van der Waals surface area contributed by atoms with E-state index in [1.165, 1.54) is 0 Å². The summed E-state index contributed by atoms with van der Waals surface area (Å²) in [7, 11) is 0. The predicted octanol–water partition coefficient (Wildman–Crippen LogP) is 4.69. The minimum Gasteiger partial charge on any atom is -0.507 e. The van der Waals surface area contributed by atoms with E-state index in [0.717, 1.165) is 11.1 Å². The molecule has 0 aromatic heterocycles. The smallest absolute Gasteiger partial charge is 0.274 e. The summed E-state index contributed by atoms with van der Waals surface area (Å²) in [6, 6.07) is 24.3. The lowest BCUT2D eigenvalue weighted by Crippen LogP contribution is -2.27. The number of nitrogens with zero attached hydrogens (tertiary/aromatic N) is 2. The van der Waals surface area contributed by atoms with Gasteiger partial charge >= 0.3 is 0 Å². The summed E-state index contributed by atoms with van der Waals surface area (Å²) in [4.78, 5) is 13.2. The number of hydrogen-bond donors (Lipinski definition) is 1. The van der Waals surface area contributed by atoms with Gasteiger partial charge in [0.15, 0.2) is 0 Å². The summed E-state index contributed by atoms with van der Waals surface area (Å²) in [5, 5.41) is 16.4. The minimum absolute atomic E-state index is 0.144. The van der Waals surface area contributed by atoms with Crippen molar-refractivity contribution < 1.29 is 9.90 Å². The van der Waals surface area contributed by atoms with Crippen LogP contribution in [0.15, 0.2) is 84.0 Å². The van der Waals surface area contributed by atoms with Gasteiger partial charge in [-0.1, -0.05) is 60.2 Å². The zero-order valence-electron chi connectivity index (χ0n) is 15.0. The number of aryl methyl sites for hydroxylation is 1. The molecule has 0 unspecified atom stereocenters. The van der Waals surface area contributed by atoms with Crippen molar-refractivity contribution in [1.29, 1.82) is 0 Å². The zero-order chi connectivity index (χ0) is 18.8. The Morgan fingerprint density at radius 2 is 1.63 bits per heavy atom. The Kier molecular flexibility index (Phi) is 4.47. The fourth-order valence-corrected chi connectivity index (χ4v) is 3.34. The summed E-state index contributed by atoms with van der Waals surface area (Å²) in [5.74, 6) is 0.0296. The molecule has 1 aliphatic rings. The quantitative estimate of drug-likeness (QED) is 0.740. The van der Waals surface area contributed by atoms with E-state index in [2.05, 4.69) is 5.10 Å². The standard InChI is InChI=1S/C23H20N2O2/c1-16-11-13-18(14-12-16)23(27)25-21(17-7-3-2-4-8-17)15-20(24-25)19-9-5-6-10-22(19)26/h2-14,21,26H,15H2,1H3/t21-/m1/s1. The lowest BCUT2D eigenvalue weighted by molar-refractivity contribution is 0.0711. The summed E-state index contributed by atoms with van der Waals surface area (Å²) in [6.07, 6.45) is 0.555. The summed E-state index contributed by atoms with van der Waals surface area (Å²) in [6.45, 7) is 1.99. The average Bonchev–Trinajstić information content (AvgIpc) is 3.14. The molecule has 134 valence electrons. The van der Waals surface area contributed by atoms with Crippen LogP contribution in [0, 0.1) is 6.92 Å². The van der Waals surface area contributed by atoms with Crippen molar-refractivity contribution in [2.75, 3.05) is 0 Å². The second-order valence-corrected chi connectivity index (χ2v) is 6.71. The van der Waals surface area contributed by atoms with Gasteiger partial charge in [-0.15, -0.1) is 0 Å². The molecular weight excluding hydrogens is 336 g/mol. The van der Waals surface area contributed by atoms with Crippen molar-refractivity contribution in [3.05, 3.63) is 101 Å². The first-order valence-electron chi connectivity index (χ1n) is 8.94. The number of hydrogen-bond acceptors (Lipinski definition) is 3. The number of benzene rings is 3. The molecule has 3 aromatic carbocycles. The Morgan fingerprint density at radius 1 is 0.963 bits per heavy atom. The van der Waals surface area contributed by atoms with Gasteiger partial charge in [0, 0.05) is 17.5 Å². The molecule has 0 aliphatic carbocycles. The van der Waals surface area contributed by atoms with Crippen LogP contribution in [0.3, 0.4) is 0 Å². The Morgan fingerprint density at radius 3 is 2.33 bits per heavy atom. The first-order valence-corrected chi connectivity index (χ1v) is 8.94. The van der Waals surface area contributed by atoms with Crippen molar-refractivity contribution >= 4 is 11.6 Å². The van der Waals surface area contributed by atoms with Gasteiger partial charge in [0.2, 0.25) is 0 Å². The number of aromatic hydroxyl groups is 1. The third-order valence-electron chi connectivity index (χ3n) is 4.82. The molecule has 4 rings (SSSR count). The predicted molar refractivity (Wildman–Crippen MR) is 106 cm³/mol. The fourth-order valence-electron chi connectivity index (χ4n) is 3.34. The van der Waals surface area contributed by atoms with Crippen LogP contribution in [0.5, 0.6) is 5.75 Å². The van der Waals surface area contributed by atoms with Crippen molar-refractivity contribution in [2.45, 2.75) is 19.4 Å². The van der Waals surface area contributed by atoms with Crippen molar-refractivity contribution in [1.82, 2.24) is 5.01 Å². The van der Waals surface area contributed by atoms with Gasteiger partial charge in [-0.3, -0.25) is 4.79 Å². The van der Waals surface area contributed by atoms with E-state index in [1.807, 2.05) is 73.7 Å². The molecule has 1 heterocycles. The maximum atomic E-state index is 13.2. The van der Waals surface area contributed by atoms with Crippen LogP contribution >= 0.6 is 0 Å². The summed E-state index contributed by atoms with van der Waals surface area (Å²) < 4.78 is 0. The third kappa shape index (κ3) is 3.34. The van der Waals surface area contributed by atoms with E-state index in [4.69, 9.17) is 0 Å². The monoisotopic (exact) mass is 356 g/mol. The van der Waals surface area contributed by atoms with Crippen LogP contribution in [0.25, 0.3) is 0 Å². The Hall–Kier alpha value is -3.40. The van der Waals surface area contributed by atoms with Crippen LogP contribution in [0.1, 0.15) is 39.5 Å². The van der Waals surface area contributed by atoms with Gasteiger partial charge in [-0.2, -0.15) is 5.10 Å². The lowest BCUT2D eigenvalue weighted by atomic mass is 9.97. The number of hydrazone groups is 1. The van der Waals surface area contributed by atoms with Gasteiger partial charge in [-0.05, 0) is 36.8 Å². The molecule has 3 aromatic rings. The normalized spacial score (nSPS) is 16.3. The second kappa shape index (κ2) is 7.08. The van der Waals surface area contributed by atoms with Crippen LogP contribution < -0.4 is 0 Å². The molecule has 27 heavy (non-hydrogen) atoms. The Bertz CT molecular complexity index is 994. The number of phenolic OH excluding ortho intramolecular Hbond substituents is 1. The van der Waals surface area contributed by atoms with Gasteiger partial charge in [0.1, 0.15) is 5.75 Å². The number of amides is 1. The molecule has 0 fully saturated rings. The third-order valence-corrected chi connectivity index (χ3v) is 4.82. The van der Waals surface area contributed by atoms with Gasteiger partial charge in [0.25, 0.3) is 5.91 Å². The van der Waals surface area contributed by atoms with Gasteiger partial charge in [0.05, 0.1) is 11.8 Å². The summed E-state index contributed by atoms with van der Waals surface area (Å²) >= 11 is 0. The van der Waals surface area contributed by atoms with Crippen molar-refractivity contribution in [3.8, 4) is 5.75 Å². The number of carbonyl (C=O) groups excluding carboxylic acids is 1. The van der Waals surface area contributed by atoms with E-state index >= 15 is 0 Å². The van der Waals surface area contributed by atoms with E-state index < -0.39 is 0 Å². The average molecular weight is 356 g/mol. The van der Waals surface area contributed by atoms with Crippen LogP contribution in [0.2, 0.25) is 0 Å². The highest BCUT2D eigenvalue weighted by atomic mass is 16.3. The van der Waals surface area contributed by atoms with Crippen LogP contribution in [-0.4, -0.2) is 21.7 Å². The molecule has 0 saturated heterocycles. The van der Waals surface area contributed by atoms with Crippen molar-refractivity contribution in [3.63, 3.8) is 0 Å². The first kappa shape index (κ1) is 17.0. The fraction of sp³-hybridized carbons (Fsp3) is 0.130. The molecule has 4 heteroatoms.